The van der Waals surface area contributed by atoms with Crippen LogP contribution in [0.25, 0.3) is 0 Å². The molecule has 3 rings (SSSR count). The average Bonchev–Trinajstić information content (AvgIpc) is 2.91. The molecule has 0 aromatic heterocycles. The number of hydrogen-bond donors (Lipinski definition) is 1. The first-order valence-corrected chi connectivity index (χ1v) is 11.1. The molecule has 0 aliphatic carbocycles. The summed E-state index contributed by atoms with van der Waals surface area (Å²) in [6.45, 7) is 3.32. The van der Waals surface area contributed by atoms with E-state index in [1.807, 2.05) is 30.0 Å². The predicted molar refractivity (Wildman–Crippen MR) is 118 cm³/mol. The highest BCUT2D eigenvalue weighted by Crippen LogP contribution is 2.45. The summed E-state index contributed by atoms with van der Waals surface area (Å²) < 4.78 is 11.3. The number of carbonyl (C=O) groups is 1. The summed E-state index contributed by atoms with van der Waals surface area (Å²) in [5.74, 6) is 2.00. The van der Waals surface area contributed by atoms with Crippen LogP contribution >= 0.6 is 11.8 Å². The van der Waals surface area contributed by atoms with Crippen LogP contribution in [0.3, 0.4) is 0 Å². The van der Waals surface area contributed by atoms with Crippen molar-refractivity contribution in [2.24, 2.45) is 5.92 Å². The third-order valence-electron chi connectivity index (χ3n) is 5.06. The van der Waals surface area contributed by atoms with Crippen molar-refractivity contribution in [3.8, 4) is 11.5 Å². The number of benzene rings is 2. The largest absolute Gasteiger partial charge is 0.493 e. The average molecular weight is 416 g/mol. The lowest BCUT2D eigenvalue weighted by Crippen LogP contribution is -2.25. The van der Waals surface area contributed by atoms with Crippen molar-refractivity contribution >= 4 is 29.1 Å². The van der Waals surface area contributed by atoms with Gasteiger partial charge < -0.3 is 19.5 Å². The molecule has 0 spiro atoms. The molecule has 2 aromatic carbocycles. The second-order valence-corrected chi connectivity index (χ2v) is 8.29. The smallest absolute Gasteiger partial charge is 0.306 e. The van der Waals surface area contributed by atoms with E-state index in [1.165, 1.54) is 24.9 Å². The number of methoxy groups -OCH3 is 1. The number of nitrogens with zero attached hydrogens (tertiary/aromatic N) is 1. The standard InChI is InChI=1S/C23H29NO4S/c1-3-4-8-17-15-24(18-9-6-5-7-10-18)19-13-20(27-2)21(14-22(19)29-16-17)28-12-11-23(25)26/h5-7,9-10,13-14,17H,3-4,8,11-12,15-16H2,1-2H3,(H,25,26). The summed E-state index contributed by atoms with van der Waals surface area (Å²) in [4.78, 5) is 14.3. The van der Waals surface area contributed by atoms with Gasteiger partial charge in [-0.15, -0.1) is 11.8 Å². The third-order valence-corrected chi connectivity index (χ3v) is 6.33. The monoisotopic (exact) mass is 415 g/mol. The van der Waals surface area contributed by atoms with Crippen LogP contribution in [-0.2, 0) is 4.79 Å². The van der Waals surface area contributed by atoms with Gasteiger partial charge in [-0.25, -0.2) is 0 Å². The van der Waals surface area contributed by atoms with Gasteiger partial charge in [-0.05, 0) is 30.5 Å². The molecule has 0 saturated heterocycles. The summed E-state index contributed by atoms with van der Waals surface area (Å²) in [6, 6.07) is 14.5. The highest BCUT2D eigenvalue weighted by molar-refractivity contribution is 7.99. The van der Waals surface area contributed by atoms with Gasteiger partial charge in [-0.1, -0.05) is 38.0 Å². The molecule has 156 valence electrons. The number of para-hydroxylation sites is 1. The van der Waals surface area contributed by atoms with Gasteiger partial charge in [0.2, 0.25) is 0 Å². The van der Waals surface area contributed by atoms with Crippen LogP contribution in [0.4, 0.5) is 11.4 Å². The van der Waals surface area contributed by atoms with Gasteiger partial charge in [0.05, 0.1) is 25.8 Å². The van der Waals surface area contributed by atoms with Crippen LogP contribution in [0.15, 0.2) is 47.4 Å². The molecule has 29 heavy (non-hydrogen) atoms. The number of rotatable bonds is 9. The van der Waals surface area contributed by atoms with Gasteiger partial charge in [0.25, 0.3) is 0 Å². The Hall–Kier alpha value is -2.34. The zero-order valence-corrected chi connectivity index (χ0v) is 17.9. The molecule has 1 aliphatic rings. The minimum Gasteiger partial charge on any atom is -0.493 e. The van der Waals surface area contributed by atoms with E-state index >= 15 is 0 Å². The number of fused-ring (bicyclic) bond motifs is 1. The van der Waals surface area contributed by atoms with Crippen molar-refractivity contribution in [3.63, 3.8) is 0 Å². The first-order chi connectivity index (χ1) is 14.1. The van der Waals surface area contributed by atoms with E-state index in [0.717, 1.165) is 22.9 Å². The third kappa shape index (κ3) is 5.60. The SMILES string of the molecule is CCCCC1CSc2cc(OCCC(=O)O)c(OC)cc2N(c2ccccc2)C1. The molecule has 0 amide bonds. The molecule has 0 saturated carbocycles. The second-order valence-electron chi connectivity index (χ2n) is 7.23. The molecule has 1 aliphatic heterocycles. The fraction of sp³-hybridized carbons (Fsp3) is 0.435. The van der Waals surface area contributed by atoms with Gasteiger partial charge in [0, 0.05) is 28.9 Å². The van der Waals surface area contributed by atoms with Crippen LogP contribution in [-0.4, -0.2) is 37.1 Å². The maximum Gasteiger partial charge on any atom is 0.306 e. The minimum atomic E-state index is -0.873. The number of ether oxygens (including phenoxy) is 2. The lowest BCUT2D eigenvalue weighted by atomic mass is 10.0. The molecule has 0 radical (unpaired) electrons. The first-order valence-electron chi connectivity index (χ1n) is 10.1. The van der Waals surface area contributed by atoms with E-state index in [4.69, 9.17) is 14.6 Å². The number of unbranched alkanes of at least 4 members (excludes halogenated alkanes) is 1. The van der Waals surface area contributed by atoms with Crippen molar-refractivity contribution in [3.05, 3.63) is 42.5 Å². The van der Waals surface area contributed by atoms with Gasteiger partial charge in [0.15, 0.2) is 11.5 Å². The second kappa shape index (κ2) is 10.4. The number of thioether (sulfide) groups is 1. The lowest BCUT2D eigenvalue weighted by Gasteiger charge is -2.28. The van der Waals surface area contributed by atoms with Crippen molar-refractivity contribution in [1.29, 1.82) is 0 Å². The summed E-state index contributed by atoms with van der Waals surface area (Å²) >= 11 is 1.85. The molecule has 5 nitrogen and oxygen atoms in total. The Balaban J connectivity index is 1.95. The Morgan fingerprint density at radius 2 is 2.03 bits per heavy atom. The Kier molecular flexibility index (Phi) is 7.69. The highest BCUT2D eigenvalue weighted by Gasteiger charge is 2.25. The summed E-state index contributed by atoms with van der Waals surface area (Å²) in [5, 5.41) is 8.89. The predicted octanol–water partition coefficient (Wildman–Crippen LogP) is 5.60. The van der Waals surface area contributed by atoms with E-state index in [1.54, 1.807) is 7.11 Å². The van der Waals surface area contributed by atoms with Crippen LogP contribution in [0.2, 0.25) is 0 Å². The molecule has 1 N–H and O–H groups in total. The van der Waals surface area contributed by atoms with Crippen molar-refractivity contribution < 1.29 is 19.4 Å². The number of carboxylic acids is 1. The Morgan fingerprint density at radius 3 is 2.72 bits per heavy atom. The maximum absolute atomic E-state index is 10.8. The normalized spacial score (nSPS) is 16.1. The maximum atomic E-state index is 10.8. The van der Waals surface area contributed by atoms with Crippen LogP contribution in [0.5, 0.6) is 11.5 Å². The van der Waals surface area contributed by atoms with Crippen molar-refractivity contribution in [2.45, 2.75) is 37.5 Å². The molecule has 0 bridgehead atoms. The van der Waals surface area contributed by atoms with Crippen molar-refractivity contribution in [1.82, 2.24) is 0 Å². The fourth-order valence-corrected chi connectivity index (χ4v) is 4.71. The molecule has 1 atom stereocenters. The van der Waals surface area contributed by atoms with Crippen LogP contribution in [0, 0.1) is 5.92 Å². The van der Waals surface area contributed by atoms with Crippen molar-refractivity contribution in [2.75, 3.05) is 30.9 Å². The zero-order valence-electron chi connectivity index (χ0n) is 17.1. The lowest BCUT2D eigenvalue weighted by molar-refractivity contribution is -0.137. The zero-order chi connectivity index (χ0) is 20.6. The molecule has 1 unspecified atom stereocenters. The first kappa shape index (κ1) is 21.4. The van der Waals surface area contributed by atoms with E-state index in [9.17, 15) is 4.79 Å². The van der Waals surface area contributed by atoms with E-state index in [-0.39, 0.29) is 13.0 Å². The number of hydrogen-bond acceptors (Lipinski definition) is 5. The summed E-state index contributed by atoms with van der Waals surface area (Å²) in [7, 11) is 1.62. The van der Waals surface area contributed by atoms with Gasteiger partial charge in [-0.2, -0.15) is 0 Å². The molecule has 2 aromatic rings. The molecule has 0 fully saturated rings. The summed E-state index contributed by atoms with van der Waals surface area (Å²) in [5.41, 5.74) is 2.28. The van der Waals surface area contributed by atoms with Gasteiger partial charge in [-0.3, -0.25) is 4.79 Å². The Labute approximate surface area is 177 Å². The van der Waals surface area contributed by atoms with Crippen LogP contribution < -0.4 is 14.4 Å². The highest BCUT2D eigenvalue weighted by atomic mass is 32.2. The van der Waals surface area contributed by atoms with Gasteiger partial charge >= 0.3 is 5.97 Å². The number of carboxylic acid groups (broad SMARTS) is 1. The Bertz CT molecular complexity index is 812. The Morgan fingerprint density at radius 1 is 1.24 bits per heavy atom. The minimum absolute atomic E-state index is 0.0391. The quantitative estimate of drug-likeness (QED) is 0.575. The molecular formula is C23H29NO4S. The van der Waals surface area contributed by atoms with Crippen LogP contribution in [0.1, 0.15) is 32.6 Å². The van der Waals surface area contributed by atoms with E-state index < -0.39 is 5.97 Å². The topological polar surface area (TPSA) is 59.0 Å². The fourth-order valence-electron chi connectivity index (χ4n) is 3.51. The summed E-state index contributed by atoms with van der Waals surface area (Å²) in [6.07, 6.45) is 3.61. The molecule has 1 heterocycles. The number of anilines is 2. The van der Waals surface area contributed by atoms with E-state index in [2.05, 4.69) is 36.1 Å². The van der Waals surface area contributed by atoms with Gasteiger partial charge in [0.1, 0.15) is 0 Å². The number of aliphatic carboxylic acids is 1. The van der Waals surface area contributed by atoms with E-state index in [0.29, 0.717) is 17.4 Å². The molecule has 6 heteroatoms. The molecular weight excluding hydrogens is 386 g/mol.